The highest BCUT2D eigenvalue weighted by molar-refractivity contribution is 6.12. The van der Waals surface area contributed by atoms with Gasteiger partial charge >= 0.3 is 23.9 Å². The molecular weight excluding hydrogens is 240 g/mol. The molecule has 2 aliphatic heterocycles. The number of ether oxygens (including phenoxy) is 2. The van der Waals surface area contributed by atoms with Gasteiger partial charge in [0.15, 0.2) is 0 Å². The summed E-state index contributed by atoms with van der Waals surface area (Å²) in [7, 11) is 0. The molecule has 0 saturated carbocycles. The number of carbonyl (C=O) groups excluding carboxylic acids is 4. The van der Waals surface area contributed by atoms with Crippen LogP contribution >= 0.6 is 0 Å². The van der Waals surface area contributed by atoms with Gasteiger partial charge in [-0.3, -0.25) is 9.59 Å². The molecule has 0 aromatic heterocycles. The first-order valence-corrected chi connectivity index (χ1v) is 5.79. The van der Waals surface area contributed by atoms with Gasteiger partial charge in [0.05, 0.1) is 12.3 Å². The second kappa shape index (κ2) is 3.76. The van der Waals surface area contributed by atoms with E-state index in [0.29, 0.717) is 30.4 Å². The fourth-order valence-corrected chi connectivity index (χ4v) is 2.80. The third-order valence-electron chi connectivity index (χ3n) is 3.75. The van der Waals surface area contributed by atoms with Crippen molar-refractivity contribution in [2.24, 2.45) is 11.8 Å². The third-order valence-corrected chi connectivity index (χ3v) is 3.75. The molecule has 0 amide bonds. The van der Waals surface area contributed by atoms with Gasteiger partial charge in [0.1, 0.15) is 0 Å². The second-order valence-corrected chi connectivity index (χ2v) is 4.74. The number of rotatable bonds is 1. The summed E-state index contributed by atoms with van der Waals surface area (Å²) in [4.78, 5) is 45.3. The summed E-state index contributed by atoms with van der Waals surface area (Å²) >= 11 is 0. The Morgan fingerprint density at radius 1 is 0.889 bits per heavy atom. The quantitative estimate of drug-likeness (QED) is 0.490. The fourth-order valence-electron chi connectivity index (χ4n) is 2.80. The summed E-state index contributed by atoms with van der Waals surface area (Å²) in [6, 6.07) is 0. The van der Waals surface area contributed by atoms with E-state index >= 15 is 0 Å². The lowest BCUT2D eigenvalue weighted by Gasteiger charge is -2.23. The van der Waals surface area contributed by atoms with Crippen LogP contribution in [0.25, 0.3) is 0 Å². The van der Waals surface area contributed by atoms with Crippen LogP contribution in [0, 0.1) is 11.8 Å². The Hall–Kier alpha value is -1.98. The van der Waals surface area contributed by atoms with Gasteiger partial charge in [0.2, 0.25) is 0 Å². The van der Waals surface area contributed by atoms with Crippen molar-refractivity contribution >= 4 is 23.9 Å². The van der Waals surface area contributed by atoms with Crippen LogP contribution in [0.5, 0.6) is 0 Å². The molecule has 18 heavy (non-hydrogen) atoms. The van der Waals surface area contributed by atoms with E-state index in [1.165, 1.54) is 0 Å². The van der Waals surface area contributed by atoms with E-state index < -0.39 is 29.8 Å². The molecule has 0 spiro atoms. The van der Waals surface area contributed by atoms with Gasteiger partial charge in [0, 0.05) is 11.1 Å². The zero-order valence-electron chi connectivity index (χ0n) is 9.43. The lowest BCUT2D eigenvalue weighted by Crippen LogP contribution is -2.24. The Bertz CT molecular complexity index is 515. The molecule has 1 saturated heterocycles. The Morgan fingerprint density at radius 2 is 1.61 bits per heavy atom. The Balaban J connectivity index is 1.81. The Morgan fingerprint density at radius 3 is 2.28 bits per heavy atom. The normalized spacial score (nSPS) is 31.6. The summed E-state index contributed by atoms with van der Waals surface area (Å²) in [5.41, 5.74) is 0.789. The summed E-state index contributed by atoms with van der Waals surface area (Å²) < 4.78 is 9.04. The minimum Gasteiger partial charge on any atom is -0.393 e. The lowest BCUT2D eigenvalue weighted by atomic mass is 9.77. The van der Waals surface area contributed by atoms with Gasteiger partial charge in [0.25, 0.3) is 0 Å². The van der Waals surface area contributed by atoms with Gasteiger partial charge < -0.3 is 9.47 Å². The summed E-state index contributed by atoms with van der Waals surface area (Å²) in [6.07, 6.45) is 1.39. The zero-order chi connectivity index (χ0) is 12.9. The molecule has 3 rings (SSSR count). The molecular formula is C12H10O6. The van der Waals surface area contributed by atoms with Crippen LogP contribution in [-0.4, -0.2) is 23.9 Å². The van der Waals surface area contributed by atoms with Crippen molar-refractivity contribution in [3.63, 3.8) is 0 Å². The maximum absolute atomic E-state index is 11.5. The van der Waals surface area contributed by atoms with Crippen LogP contribution in [0.3, 0.4) is 0 Å². The van der Waals surface area contributed by atoms with Crippen molar-refractivity contribution in [1.82, 2.24) is 0 Å². The van der Waals surface area contributed by atoms with Gasteiger partial charge in [-0.15, -0.1) is 0 Å². The summed E-state index contributed by atoms with van der Waals surface area (Å²) in [5.74, 6) is -2.84. The van der Waals surface area contributed by atoms with Crippen molar-refractivity contribution in [3.05, 3.63) is 11.1 Å². The number of hydrogen-bond donors (Lipinski definition) is 0. The molecule has 94 valence electrons. The van der Waals surface area contributed by atoms with E-state index in [-0.39, 0.29) is 12.3 Å². The molecule has 2 heterocycles. The highest BCUT2D eigenvalue weighted by Gasteiger charge is 2.44. The number of carbonyl (C=O) groups is 4. The highest BCUT2D eigenvalue weighted by atomic mass is 16.6. The van der Waals surface area contributed by atoms with E-state index in [4.69, 9.17) is 0 Å². The van der Waals surface area contributed by atoms with Crippen molar-refractivity contribution in [3.8, 4) is 0 Å². The molecule has 3 aliphatic rings. The molecule has 2 atom stereocenters. The average Bonchev–Trinajstić information content (AvgIpc) is 2.80. The van der Waals surface area contributed by atoms with Gasteiger partial charge in [-0.2, -0.15) is 0 Å². The topological polar surface area (TPSA) is 86.7 Å². The predicted octanol–water partition coefficient (Wildman–Crippen LogP) is 0.256. The Kier molecular flexibility index (Phi) is 2.33. The number of esters is 4. The molecule has 1 fully saturated rings. The largest absolute Gasteiger partial charge is 0.393 e. The van der Waals surface area contributed by atoms with Crippen LogP contribution in [0.1, 0.15) is 25.7 Å². The lowest BCUT2D eigenvalue weighted by molar-refractivity contribution is -0.154. The van der Waals surface area contributed by atoms with Gasteiger partial charge in [-0.05, 0) is 25.2 Å². The van der Waals surface area contributed by atoms with Crippen LogP contribution in [-0.2, 0) is 28.7 Å². The smallest absolute Gasteiger partial charge is 0.342 e. The molecule has 6 nitrogen and oxygen atoms in total. The maximum Gasteiger partial charge on any atom is 0.342 e. The molecule has 0 radical (unpaired) electrons. The molecule has 0 bridgehead atoms. The van der Waals surface area contributed by atoms with Crippen molar-refractivity contribution < 1.29 is 28.7 Å². The van der Waals surface area contributed by atoms with E-state index in [9.17, 15) is 19.2 Å². The number of cyclic esters (lactones) is 4. The highest BCUT2D eigenvalue weighted by Crippen LogP contribution is 2.40. The van der Waals surface area contributed by atoms with E-state index in [1.807, 2.05) is 0 Å². The first-order chi connectivity index (χ1) is 8.56. The van der Waals surface area contributed by atoms with Crippen molar-refractivity contribution in [2.75, 3.05) is 0 Å². The maximum atomic E-state index is 11.5. The third kappa shape index (κ3) is 1.56. The van der Waals surface area contributed by atoms with Crippen LogP contribution < -0.4 is 0 Å². The minimum atomic E-state index is -0.614. The van der Waals surface area contributed by atoms with Crippen LogP contribution in [0.2, 0.25) is 0 Å². The van der Waals surface area contributed by atoms with Crippen LogP contribution in [0.15, 0.2) is 11.1 Å². The fraction of sp³-hybridized carbons (Fsp3) is 0.500. The summed E-state index contributed by atoms with van der Waals surface area (Å²) in [6.45, 7) is 0. The molecule has 0 aromatic rings. The average molecular weight is 250 g/mol. The van der Waals surface area contributed by atoms with Crippen molar-refractivity contribution in [1.29, 1.82) is 0 Å². The second-order valence-electron chi connectivity index (χ2n) is 4.74. The first kappa shape index (κ1) is 11.1. The number of hydrogen-bond acceptors (Lipinski definition) is 6. The SMILES string of the molecule is O=C1CC(C2CCC3=C(C2)C(=O)OC3=O)C(=O)O1. The Labute approximate surface area is 102 Å². The van der Waals surface area contributed by atoms with E-state index in [0.717, 1.165) is 0 Å². The summed E-state index contributed by atoms with van der Waals surface area (Å²) in [5, 5.41) is 0. The van der Waals surface area contributed by atoms with Gasteiger partial charge in [-0.25, -0.2) is 9.59 Å². The standard InChI is InChI=1S/C12H10O6/c13-9-4-7(11(15)17-9)5-1-2-6-8(3-5)12(16)18-10(6)14/h5,7H,1-4H2. The molecule has 6 heteroatoms. The molecule has 0 N–H and O–H groups in total. The molecule has 1 aliphatic carbocycles. The van der Waals surface area contributed by atoms with E-state index in [2.05, 4.69) is 9.47 Å². The minimum absolute atomic E-state index is 0.0646. The predicted molar refractivity (Wildman–Crippen MR) is 54.7 cm³/mol. The molecule has 2 unspecified atom stereocenters. The van der Waals surface area contributed by atoms with Crippen molar-refractivity contribution in [2.45, 2.75) is 25.7 Å². The van der Waals surface area contributed by atoms with Crippen LogP contribution in [0.4, 0.5) is 0 Å². The van der Waals surface area contributed by atoms with E-state index in [1.54, 1.807) is 0 Å². The van der Waals surface area contributed by atoms with Gasteiger partial charge in [-0.1, -0.05) is 0 Å². The zero-order valence-corrected chi connectivity index (χ0v) is 9.43. The monoisotopic (exact) mass is 250 g/mol. The molecule has 0 aromatic carbocycles. The first-order valence-electron chi connectivity index (χ1n) is 5.79.